The van der Waals surface area contributed by atoms with Crippen LogP contribution >= 0.6 is 11.8 Å². The van der Waals surface area contributed by atoms with E-state index in [4.69, 9.17) is 5.73 Å². The third-order valence-electron chi connectivity index (χ3n) is 4.47. The Kier molecular flexibility index (Phi) is 3.50. The molecular formula is C14H20FNS. The fraction of sp³-hybridized carbons (Fsp3) is 0.571. The Balaban J connectivity index is 2.27. The summed E-state index contributed by atoms with van der Waals surface area (Å²) >= 11 is 1.45. The van der Waals surface area contributed by atoms with E-state index < -0.39 is 0 Å². The zero-order valence-corrected chi connectivity index (χ0v) is 11.5. The summed E-state index contributed by atoms with van der Waals surface area (Å²) in [5, 5.41) is 0. The molecule has 3 atom stereocenters. The van der Waals surface area contributed by atoms with E-state index in [1.165, 1.54) is 11.8 Å². The number of thioether (sulfide) groups is 1. The van der Waals surface area contributed by atoms with Gasteiger partial charge in [-0.3, -0.25) is 0 Å². The fourth-order valence-electron chi connectivity index (χ4n) is 2.82. The molecule has 0 bridgehead atoms. The van der Waals surface area contributed by atoms with Crippen LogP contribution in [0.3, 0.4) is 0 Å². The van der Waals surface area contributed by atoms with Crippen LogP contribution in [-0.2, 0) is 0 Å². The van der Waals surface area contributed by atoms with E-state index in [1.807, 2.05) is 12.3 Å². The summed E-state index contributed by atoms with van der Waals surface area (Å²) < 4.78 is 13.8. The van der Waals surface area contributed by atoms with Crippen molar-refractivity contribution in [3.63, 3.8) is 0 Å². The molecule has 0 aliphatic heterocycles. The molecular weight excluding hydrogens is 233 g/mol. The van der Waals surface area contributed by atoms with Crippen LogP contribution in [-0.4, -0.2) is 12.3 Å². The SMILES string of the molecule is CCC1(C)C(N)CC1c1ccc(SC)c(F)c1. The topological polar surface area (TPSA) is 26.0 Å². The van der Waals surface area contributed by atoms with Crippen LogP contribution in [0.25, 0.3) is 0 Å². The minimum atomic E-state index is -0.103. The lowest BCUT2D eigenvalue weighted by Gasteiger charge is -2.53. The van der Waals surface area contributed by atoms with E-state index in [0.29, 0.717) is 5.92 Å². The van der Waals surface area contributed by atoms with Crippen LogP contribution in [0.15, 0.2) is 23.1 Å². The van der Waals surface area contributed by atoms with Gasteiger partial charge in [0.1, 0.15) is 5.82 Å². The molecule has 0 radical (unpaired) electrons. The van der Waals surface area contributed by atoms with Crippen molar-refractivity contribution in [3.05, 3.63) is 29.6 Å². The number of hydrogen-bond donors (Lipinski definition) is 1. The molecule has 17 heavy (non-hydrogen) atoms. The predicted molar refractivity (Wildman–Crippen MR) is 71.9 cm³/mol. The number of rotatable bonds is 3. The van der Waals surface area contributed by atoms with Crippen molar-refractivity contribution in [2.45, 2.75) is 43.5 Å². The van der Waals surface area contributed by atoms with Crippen LogP contribution < -0.4 is 5.73 Å². The van der Waals surface area contributed by atoms with Crippen molar-refractivity contribution in [1.82, 2.24) is 0 Å². The maximum atomic E-state index is 13.8. The Morgan fingerprint density at radius 1 is 1.53 bits per heavy atom. The molecule has 1 saturated carbocycles. The highest BCUT2D eigenvalue weighted by Crippen LogP contribution is 2.54. The van der Waals surface area contributed by atoms with Gasteiger partial charge in [0, 0.05) is 10.9 Å². The second kappa shape index (κ2) is 4.62. The van der Waals surface area contributed by atoms with Gasteiger partial charge in [0.2, 0.25) is 0 Å². The highest BCUT2D eigenvalue weighted by atomic mass is 32.2. The molecule has 1 aromatic rings. The van der Waals surface area contributed by atoms with Gasteiger partial charge in [-0.25, -0.2) is 4.39 Å². The molecule has 0 amide bonds. The Bertz CT molecular complexity index is 421. The van der Waals surface area contributed by atoms with Crippen molar-refractivity contribution in [1.29, 1.82) is 0 Å². The molecule has 0 spiro atoms. The summed E-state index contributed by atoms with van der Waals surface area (Å²) in [5.74, 6) is 0.307. The minimum Gasteiger partial charge on any atom is -0.327 e. The Hall–Kier alpha value is -0.540. The van der Waals surface area contributed by atoms with Crippen molar-refractivity contribution >= 4 is 11.8 Å². The first-order valence-electron chi connectivity index (χ1n) is 6.12. The Morgan fingerprint density at radius 2 is 2.24 bits per heavy atom. The first-order valence-corrected chi connectivity index (χ1v) is 7.34. The van der Waals surface area contributed by atoms with Gasteiger partial charge in [-0.1, -0.05) is 19.9 Å². The third-order valence-corrected chi connectivity index (χ3v) is 5.24. The lowest BCUT2D eigenvalue weighted by Crippen LogP contribution is -2.54. The molecule has 94 valence electrons. The van der Waals surface area contributed by atoms with Gasteiger partial charge in [0.25, 0.3) is 0 Å². The first-order chi connectivity index (χ1) is 8.02. The average molecular weight is 253 g/mol. The molecule has 2 rings (SSSR count). The maximum absolute atomic E-state index is 13.8. The number of halogens is 1. The summed E-state index contributed by atoms with van der Waals surface area (Å²) in [4.78, 5) is 0.718. The van der Waals surface area contributed by atoms with Gasteiger partial charge in [-0.15, -0.1) is 11.8 Å². The molecule has 0 aromatic heterocycles. The van der Waals surface area contributed by atoms with Crippen LogP contribution in [0.5, 0.6) is 0 Å². The van der Waals surface area contributed by atoms with Gasteiger partial charge >= 0.3 is 0 Å². The van der Waals surface area contributed by atoms with Gasteiger partial charge in [0.05, 0.1) is 0 Å². The van der Waals surface area contributed by atoms with Gasteiger partial charge in [-0.05, 0) is 48.1 Å². The molecule has 1 aliphatic rings. The summed E-state index contributed by atoms with van der Waals surface area (Å²) in [6, 6.07) is 5.88. The molecule has 0 saturated heterocycles. The standard InChI is InChI=1S/C14H20FNS/c1-4-14(2)10(8-13(14)16)9-5-6-12(17-3)11(15)7-9/h5-7,10,13H,4,8,16H2,1-3H3. The summed E-state index contributed by atoms with van der Waals surface area (Å²) in [6.45, 7) is 4.38. The van der Waals surface area contributed by atoms with Gasteiger partial charge in [-0.2, -0.15) is 0 Å². The van der Waals surface area contributed by atoms with E-state index in [-0.39, 0.29) is 17.3 Å². The van der Waals surface area contributed by atoms with Crippen LogP contribution in [0.2, 0.25) is 0 Å². The molecule has 3 unspecified atom stereocenters. The zero-order valence-electron chi connectivity index (χ0n) is 10.7. The fourth-order valence-corrected chi connectivity index (χ4v) is 3.27. The van der Waals surface area contributed by atoms with Crippen LogP contribution in [0, 0.1) is 11.2 Å². The highest BCUT2D eigenvalue weighted by Gasteiger charge is 2.48. The normalized spacial score (nSPS) is 32.3. The quantitative estimate of drug-likeness (QED) is 0.830. The Morgan fingerprint density at radius 3 is 2.71 bits per heavy atom. The van der Waals surface area contributed by atoms with E-state index in [2.05, 4.69) is 19.9 Å². The van der Waals surface area contributed by atoms with E-state index in [9.17, 15) is 4.39 Å². The van der Waals surface area contributed by atoms with Crippen molar-refractivity contribution in [2.24, 2.45) is 11.1 Å². The number of benzene rings is 1. The van der Waals surface area contributed by atoms with Gasteiger partial charge in [0.15, 0.2) is 0 Å². The number of nitrogens with two attached hydrogens (primary N) is 1. The van der Waals surface area contributed by atoms with Crippen molar-refractivity contribution in [2.75, 3.05) is 6.26 Å². The lowest BCUT2D eigenvalue weighted by atomic mass is 9.54. The summed E-state index contributed by atoms with van der Waals surface area (Å²) in [6.07, 6.45) is 3.92. The third kappa shape index (κ3) is 2.00. The van der Waals surface area contributed by atoms with Crippen molar-refractivity contribution in [3.8, 4) is 0 Å². The zero-order chi connectivity index (χ0) is 12.6. The van der Waals surface area contributed by atoms with E-state index in [0.717, 1.165) is 23.3 Å². The smallest absolute Gasteiger partial charge is 0.137 e. The lowest BCUT2D eigenvalue weighted by molar-refractivity contribution is 0.0703. The largest absolute Gasteiger partial charge is 0.327 e. The number of hydrogen-bond acceptors (Lipinski definition) is 2. The predicted octanol–water partition coefficient (Wildman–Crippen LogP) is 3.78. The molecule has 1 aromatic carbocycles. The highest BCUT2D eigenvalue weighted by molar-refractivity contribution is 7.98. The summed E-state index contributed by atoms with van der Waals surface area (Å²) in [7, 11) is 0. The van der Waals surface area contributed by atoms with Crippen molar-refractivity contribution < 1.29 is 4.39 Å². The average Bonchev–Trinajstić information content (AvgIpc) is 2.34. The molecule has 1 fully saturated rings. The monoisotopic (exact) mass is 253 g/mol. The van der Waals surface area contributed by atoms with Gasteiger partial charge < -0.3 is 5.73 Å². The first kappa shape index (κ1) is 12.9. The van der Waals surface area contributed by atoms with E-state index in [1.54, 1.807) is 6.07 Å². The molecule has 3 heteroatoms. The molecule has 1 aliphatic carbocycles. The maximum Gasteiger partial charge on any atom is 0.137 e. The molecule has 1 nitrogen and oxygen atoms in total. The Labute approximate surface area is 107 Å². The summed E-state index contributed by atoms with van der Waals surface area (Å²) in [5.41, 5.74) is 7.33. The second-order valence-corrected chi connectivity index (χ2v) is 6.00. The second-order valence-electron chi connectivity index (χ2n) is 5.15. The van der Waals surface area contributed by atoms with E-state index >= 15 is 0 Å². The minimum absolute atomic E-state index is 0.103. The van der Waals surface area contributed by atoms with Crippen LogP contribution in [0.1, 0.15) is 38.2 Å². The molecule has 0 heterocycles. The molecule has 2 N–H and O–H groups in total. The van der Waals surface area contributed by atoms with Crippen LogP contribution in [0.4, 0.5) is 4.39 Å².